The fourth-order valence-electron chi connectivity index (χ4n) is 4.46. The van der Waals surface area contributed by atoms with Crippen LogP contribution in [-0.2, 0) is 9.53 Å². The minimum Gasteiger partial charge on any atom is -0.480 e. The van der Waals surface area contributed by atoms with Gasteiger partial charge in [0.05, 0.1) is 11.3 Å². The Bertz CT molecular complexity index is 1210. The Hall–Kier alpha value is -4.13. The predicted molar refractivity (Wildman–Crippen MR) is 133 cm³/mol. The van der Waals surface area contributed by atoms with Gasteiger partial charge in [0.1, 0.15) is 12.6 Å². The maximum absolute atomic E-state index is 12.8. The Morgan fingerprint density at radius 1 is 0.886 bits per heavy atom. The summed E-state index contributed by atoms with van der Waals surface area (Å²) in [6, 6.07) is 21.5. The number of fused-ring (bicyclic) bond motifs is 3. The molecule has 0 saturated carbocycles. The molecule has 3 aromatic rings. The second-order valence-electron chi connectivity index (χ2n) is 8.99. The van der Waals surface area contributed by atoms with Gasteiger partial charge in [0, 0.05) is 5.92 Å². The molecule has 0 heterocycles. The summed E-state index contributed by atoms with van der Waals surface area (Å²) >= 11 is 0. The van der Waals surface area contributed by atoms with Crippen molar-refractivity contribution in [3.63, 3.8) is 0 Å². The molecule has 1 atom stereocenters. The largest absolute Gasteiger partial charge is 0.480 e. The summed E-state index contributed by atoms with van der Waals surface area (Å²) in [5.74, 6) is -1.67. The molecule has 180 valence electrons. The number of carbonyl (C=O) groups is 3. The standard InChI is InChI=1S/C28H28N2O5/c1-17(2)15-25(27(32)33)29-26(31)22-13-7-8-14-24(22)30-28(34)35-16-23-20-11-5-3-9-18(20)19-10-4-6-12-21(19)23/h3-14,17,23,25H,15-16H2,1-2H3,(H,29,31)(H,30,34)(H,32,33). The first kappa shape index (κ1) is 24.0. The van der Waals surface area contributed by atoms with Crippen LogP contribution in [0.4, 0.5) is 10.5 Å². The molecule has 3 N–H and O–H groups in total. The highest BCUT2D eigenvalue weighted by atomic mass is 16.5. The third kappa shape index (κ3) is 5.35. The van der Waals surface area contributed by atoms with Crippen molar-refractivity contribution >= 4 is 23.7 Å². The molecule has 4 rings (SSSR count). The number of para-hydroxylation sites is 1. The number of rotatable bonds is 8. The van der Waals surface area contributed by atoms with E-state index in [0.29, 0.717) is 6.42 Å². The first-order valence-corrected chi connectivity index (χ1v) is 11.6. The number of carboxylic acid groups (broad SMARTS) is 1. The highest BCUT2D eigenvalue weighted by Crippen LogP contribution is 2.44. The number of hydrogen-bond acceptors (Lipinski definition) is 4. The van der Waals surface area contributed by atoms with Crippen LogP contribution in [0.15, 0.2) is 72.8 Å². The van der Waals surface area contributed by atoms with E-state index in [1.165, 1.54) is 6.07 Å². The predicted octanol–water partition coefficient (Wildman–Crippen LogP) is 5.28. The summed E-state index contributed by atoms with van der Waals surface area (Å²) in [5, 5.41) is 14.6. The van der Waals surface area contributed by atoms with E-state index in [-0.39, 0.29) is 29.7 Å². The second-order valence-corrected chi connectivity index (χ2v) is 8.99. The van der Waals surface area contributed by atoms with E-state index in [1.807, 2.05) is 50.2 Å². The molecule has 35 heavy (non-hydrogen) atoms. The summed E-state index contributed by atoms with van der Waals surface area (Å²) in [5.41, 5.74) is 4.88. The van der Waals surface area contributed by atoms with Gasteiger partial charge in [-0.25, -0.2) is 9.59 Å². The molecule has 0 fully saturated rings. The van der Waals surface area contributed by atoms with Crippen molar-refractivity contribution in [2.24, 2.45) is 5.92 Å². The minimum absolute atomic E-state index is 0.0842. The lowest BCUT2D eigenvalue weighted by Crippen LogP contribution is -2.41. The Kier molecular flexibility index (Phi) is 7.15. The maximum atomic E-state index is 12.8. The van der Waals surface area contributed by atoms with Crippen molar-refractivity contribution in [2.75, 3.05) is 11.9 Å². The number of amides is 2. The average Bonchev–Trinajstić information content (AvgIpc) is 3.16. The number of hydrogen-bond donors (Lipinski definition) is 3. The maximum Gasteiger partial charge on any atom is 0.411 e. The van der Waals surface area contributed by atoms with Gasteiger partial charge in [-0.05, 0) is 46.7 Å². The van der Waals surface area contributed by atoms with Crippen LogP contribution < -0.4 is 10.6 Å². The number of anilines is 1. The Morgan fingerprint density at radius 3 is 2.06 bits per heavy atom. The molecule has 7 heteroatoms. The first-order chi connectivity index (χ1) is 16.8. The molecule has 0 aliphatic heterocycles. The van der Waals surface area contributed by atoms with Crippen LogP contribution in [0.1, 0.15) is 47.7 Å². The lowest BCUT2D eigenvalue weighted by atomic mass is 9.98. The van der Waals surface area contributed by atoms with Gasteiger partial charge >= 0.3 is 12.1 Å². The monoisotopic (exact) mass is 472 g/mol. The fourth-order valence-corrected chi connectivity index (χ4v) is 4.46. The van der Waals surface area contributed by atoms with E-state index < -0.39 is 24.0 Å². The van der Waals surface area contributed by atoms with Crippen molar-refractivity contribution in [1.82, 2.24) is 5.32 Å². The SMILES string of the molecule is CC(C)CC(NC(=O)c1ccccc1NC(=O)OCC1c2ccccc2-c2ccccc21)C(=O)O. The molecule has 7 nitrogen and oxygen atoms in total. The van der Waals surface area contributed by atoms with Crippen molar-refractivity contribution in [3.05, 3.63) is 89.5 Å². The lowest BCUT2D eigenvalue weighted by molar-refractivity contribution is -0.139. The molecule has 0 spiro atoms. The van der Waals surface area contributed by atoms with Gasteiger partial charge in [-0.1, -0.05) is 74.5 Å². The third-order valence-electron chi connectivity index (χ3n) is 6.06. The van der Waals surface area contributed by atoms with Crippen LogP contribution in [0.5, 0.6) is 0 Å². The quantitative estimate of drug-likeness (QED) is 0.414. The Balaban J connectivity index is 1.44. The van der Waals surface area contributed by atoms with Crippen molar-refractivity contribution < 1.29 is 24.2 Å². The van der Waals surface area contributed by atoms with E-state index in [1.54, 1.807) is 18.2 Å². The summed E-state index contributed by atoms with van der Waals surface area (Å²) in [4.78, 5) is 37.0. The molecule has 1 aliphatic carbocycles. The molecule has 0 radical (unpaired) electrons. The Labute approximate surface area is 204 Å². The number of benzene rings is 3. The minimum atomic E-state index is -1.10. The number of ether oxygens (including phenoxy) is 1. The van der Waals surface area contributed by atoms with Crippen molar-refractivity contribution in [1.29, 1.82) is 0 Å². The highest BCUT2D eigenvalue weighted by Gasteiger charge is 2.29. The van der Waals surface area contributed by atoms with Crippen LogP contribution in [0, 0.1) is 5.92 Å². The van der Waals surface area contributed by atoms with E-state index in [9.17, 15) is 19.5 Å². The van der Waals surface area contributed by atoms with E-state index >= 15 is 0 Å². The topological polar surface area (TPSA) is 105 Å². The van der Waals surface area contributed by atoms with Gasteiger partial charge in [-0.15, -0.1) is 0 Å². The summed E-state index contributed by atoms with van der Waals surface area (Å²) in [6.45, 7) is 3.91. The number of nitrogens with one attached hydrogen (secondary N) is 2. The molecular formula is C28H28N2O5. The molecule has 0 saturated heterocycles. The van der Waals surface area contributed by atoms with Gasteiger partial charge < -0.3 is 15.2 Å². The van der Waals surface area contributed by atoms with E-state index in [0.717, 1.165) is 22.3 Å². The van der Waals surface area contributed by atoms with Crippen LogP contribution in [0.3, 0.4) is 0 Å². The molecule has 2 amide bonds. The Morgan fingerprint density at radius 2 is 1.46 bits per heavy atom. The molecule has 1 unspecified atom stereocenters. The smallest absolute Gasteiger partial charge is 0.411 e. The van der Waals surface area contributed by atoms with Gasteiger partial charge in [0.25, 0.3) is 5.91 Å². The molecule has 1 aliphatic rings. The number of carbonyl (C=O) groups excluding carboxylic acids is 2. The van der Waals surface area contributed by atoms with Crippen molar-refractivity contribution in [3.8, 4) is 11.1 Å². The van der Waals surface area contributed by atoms with Crippen LogP contribution in [-0.4, -0.2) is 35.7 Å². The zero-order valence-electron chi connectivity index (χ0n) is 19.7. The zero-order chi connectivity index (χ0) is 24.9. The second kappa shape index (κ2) is 10.4. The van der Waals surface area contributed by atoms with Crippen LogP contribution >= 0.6 is 0 Å². The summed E-state index contributed by atoms with van der Waals surface area (Å²) in [6.07, 6.45) is -0.396. The van der Waals surface area contributed by atoms with Gasteiger partial charge in [0.15, 0.2) is 0 Å². The molecule has 0 aromatic heterocycles. The van der Waals surface area contributed by atoms with Gasteiger partial charge in [-0.2, -0.15) is 0 Å². The summed E-state index contributed by atoms with van der Waals surface area (Å²) in [7, 11) is 0. The van der Waals surface area contributed by atoms with Crippen LogP contribution in [0.25, 0.3) is 11.1 Å². The molecular weight excluding hydrogens is 444 g/mol. The van der Waals surface area contributed by atoms with Crippen LogP contribution in [0.2, 0.25) is 0 Å². The average molecular weight is 473 g/mol. The van der Waals surface area contributed by atoms with Crippen molar-refractivity contribution in [2.45, 2.75) is 32.2 Å². The van der Waals surface area contributed by atoms with Gasteiger partial charge in [-0.3, -0.25) is 10.1 Å². The van der Waals surface area contributed by atoms with Gasteiger partial charge in [0.2, 0.25) is 0 Å². The number of aliphatic carboxylic acids is 1. The molecule has 3 aromatic carbocycles. The lowest BCUT2D eigenvalue weighted by Gasteiger charge is -2.18. The number of carboxylic acids is 1. The third-order valence-corrected chi connectivity index (χ3v) is 6.06. The molecule has 0 bridgehead atoms. The van der Waals surface area contributed by atoms with E-state index in [4.69, 9.17) is 4.74 Å². The fraction of sp³-hybridized carbons (Fsp3) is 0.250. The summed E-state index contributed by atoms with van der Waals surface area (Å²) < 4.78 is 5.57. The first-order valence-electron chi connectivity index (χ1n) is 11.6. The normalized spacial score (nSPS) is 13.0. The highest BCUT2D eigenvalue weighted by molar-refractivity contribution is 6.03. The zero-order valence-corrected chi connectivity index (χ0v) is 19.7. The van der Waals surface area contributed by atoms with E-state index in [2.05, 4.69) is 22.8 Å².